The van der Waals surface area contributed by atoms with E-state index in [9.17, 15) is 0 Å². The molecule has 1 nitrogen and oxygen atoms in total. The first-order valence-electron chi connectivity index (χ1n) is 6.71. The molecule has 0 unspecified atom stereocenters. The minimum atomic E-state index is -1.72. The van der Waals surface area contributed by atoms with Crippen molar-refractivity contribution in [3.63, 3.8) is 0 Å². The zero-order valence-electron chi connectivity index (χ0n) is 12.5. The molecule has 0 heterocycles. The highest BCUT2D eigenvalue weighted by Crippen LogP contribution is 2.42. The lowest BCUT2D eigenvalue weighted by atomic mass is 10.2. The van der Waals surface area contributed by atoms with E-state index in [-0.39, 0.29) is 5.92 Å². The molecule has 0 aromatic rings. The summed E-state index contributed by atoms with van der Waals surface area (Å²) in [5.41, 5.74) is 1.91. The summed E-state index contributed by atoms with van der Waals surface area (Å²) in [5, 5.41) is 0. The van der Waals surface area contributed by atoms with Gasteiger partial charge in [0.25, 0.3) is 0 Å². The molecule has 0 saturated carbocycles. The van der Waals surface area contributed by atoms with Gasteiger partial charge in [-0.1, -0.05) is 53.7 Å². The van der Waals surface area contributed by atoms with Crippen LogP contribution in [0.15, 0.2) is 25.3 Å². The topological polar surface area (TPSA) is 9.23 Å². The molecule has 0 saturated heterocycles. The second kappa shape index (κ2) is 7.17. The third kappa shape index (κ3) is 3.82. The zero-order valence-corrected chi connectivity index (χ0v) is 13.5. The highest BCUT2D eigenvalue weighted by molar-refractivity contribution is 6.77. The Hall–Kier alpha value is -0.343. The fourth-order valence-corrected chi connectivity index (χ4v) is 8.45. The maximum Gasteiger partial charge on any atom is 0.200 e. The Balaban J connectivity index is 4.92. The third-order valence-corrected chi connectivity index (χ3v) is 9.92. The van der Waals surface area contributed by atoms with Gasteiger partial charge in [-0.25, -0.2) is 0 Å². The molecular weight excluding hydrogens is 224 g/mol. The molecule has 2 heteroatoms. The van der Waals surface area contributed by atoms with Crippen LogP contribution in [-0.2, 0) is 4.43 Å². The van der Waals surface area contributed by atoms with Crippen molar-refractivity contribution in [1.82, 2.24) is 0 Å². The van der Waals surface area contributed by atoms with E-state index in [0.29, 0.717) is 16.6 Å². The molecule has 0 atom stereocenters. The Bertz CT molecular complexity index is 214. The second-order valence-corrected chi connectivity index (χ2v) is 11.2. The molecule has 0 radical (unpaired) electrons. The number of hydrogen-bond donors (Lipinski definition) is 0. The second-order valence-electron chi connectivity index (χ2n) is 5.76. The molecule has 0 aliphatic carbocycles. The van der Waals surface area contributed by atoms with Gasteiger partial charge in [-0.15, -0.1) is 13.2 Å². The lowest BCUT2D eigenvalue weighted by molar-refractivity contribution is 0.260. The maximum atomic E-state index is 6.45. The van der Waals surface area contributed by atoms with Crippen molar-refractivity contribution in [2.75, 3.05) is 6.61 Å². The van der Waals surface area contributed by atoms with Crippen molar-refractivity contribution in [2.24, 2.45) is 5.92 Å². The van der Waals surface area contributed by atoms with Gasteiger partial charge in [0.15, 0.2) is 8.32 Å². The van der Waals surface area contributed by atoms with Crippen LogP contribution in [0.25, 0.3) is 0 Å². The standard InChI is InChI=1S/C15H30OSi/c1-9-15(10-2)11-16-17(12(3)4,13(5)6)14(7)8/h9-10,12-15H,1-2,11H2,3-8H3. The average molecular weight is 254 g/mol. The van der Waals surface area contributed by atoms with Gasteiger partial charge in [0.2, 0.25) is 0 Å². The SMILES string of the molecule is C=CC(C=C)CO[Si](C(C)C)(C(C)C)C(C)C. The predicted octanol–water partition coefficient (Wildman–Crippen LogP) is 5.17. The lowest BCUT2D eigenvalue weighted by Gasteiger charge is -2.42. The third-order valence-electron chi connectivity index (χ3n) is 3.84. The van der Waals surface area contributed by atoms with Crippen molar-refractivity contribution in [2.45, 2.75) is 58.2 Å². The molecule has 0 N–H and O–H groups in total. The average Bonchev–Trinajstić information content (AvgIpc) is 2.23. The maximum absolute atomic E-state index is 6.45. The van der Waals surface area contributed by atoms with Gasteiger partial charge in [0.1, 0.15) is 0 Å². The first-order valence-corrected chi connectivity index (χ1v) is 8.85. The van der Waals surface area contributed by atoms with E-state index in [0.717, 1.165) is 6.61 Å². The molecule has 0 aliphatic heterocycles. The van der Waals surface area contributed by atoms with E-state index < -0.39 is 8.32 Å². The van der Waals surface area contributed by atoms with E-state index in [2.05, 4.69) is 54.7 Å². The molecule has 0 fully saturated rings. The summed E-state index contributed by atoms with van der Waals surface area (Å²) in [5.74, 6) is 0.276. The molecule has 0 amide bonds. The highest BCUT2D eigenvalue weighted by Gasteiger charge is 2.45. The molecule has 0 spiro atoms. The van der Waals surface area contributed by atoms with E-state index in [1.165, 1.54) is 0 Å². The monoisotopic (exact) mass is 254 g/mol. The molecular formula is C15H30OSi. The molecule has 0 aliphatic rings. The van der Waals surface area contributed by atoms with Gasteiger partial charge in [-0.3, -0.25) is 0 Å². The van der Waals surface area contributed by atoms with E-state index in [4.69, 9.17) is 4.43 Å². The Morgan fingerprint density at radius 1 is 0.882 bits per heavy atom. The van der Waals surface area contributed by atoms with Gasteiger partial charge in [-0.2, -0.15) is 0 Å². The van der Waals surface area contributed by atoms with Crippen molar-refractivity contribution in [3.8, 4) is 0 Å². The minimum Gasteiger partial charge on any atom is -0.415 e. The lowest BCUT2D eigenvalue weighted by Crippen LogP contribution is -2.48. The fourth-order valence-electron chi connectivity index (χ4n) is 2.97. The molecule has 0 bridgehead atoms. The van der Waals surface area contributed by atoms with Crippen molar-refractivity contribution in [1.29, 1.82) is 0 Å². The summed E-state index contributed by atoms with van der Waals surface area (Å²) >= 11 is 0. The normalized spacial score (nSPS) is 12.8. The van der Waals surface area contributed by atoms with Crippen LogP contribution in [0.1, 0.15) is 41.5 Å². The first kappa shape index (κ1) is 16.7. The van der Waals surface area contributed by atoms with Gasteiger partial charge in [-0.05, 0) is 16.6 Å². The van der Waals surface area contributed by atoms with Crippen LogP contribution in [-0.4, -0.2) is 14.9 Å². The summed E-state index contributed by atoms with van der Waals surface area (Å²) < 4.78 is 6.45. The molecule has 0 rings (SSSR count). The van der Waals surface area contributed by atoms with Gasteiger partial charge in [0, 0.05) is 12.5 Å². The zero-order chi connectivity index (χ0) is 13.6. The molecule has 17 heavy (non-hydrogen) atoms. The van der Waals surface area contributed by atoms with Crippen LogP contribution in [0, 0.1) is 5.92 Å². The van der Waals surface area contributed by atoms with E-state index >= 15 is 0 Å². The van der Waals surface area contributed by atoms with Crippen molar-refractivity contribution >= 4 is 8.32 Å². The summed E-state index contributed by atoms with van der Waals surface area (Å²) in [6, 6.07) is 0. The van der Waals surface area contributed by atoms with Gasteiger partial charge < -0.3 is 4.43 Å². The van der Waals surface area contributed by atoms with Gasteiger partial charge in [0.05, 0.1) is 0 Å². The number of hydrogen-bond acceptors (Lipinski definition) is 1. The summed E-state index contributed by atoms with van der Waals surface area (Å²) in [4.78, 5) is 0. The smallest absolute Gasteiger partial charge is 0.200 e. The number of rotatable bonds is 8. The Labute approximate surface area is 109 Å². The van der Waals surface area contributed by atoms with Crippen molar-refractivity contribution < 1.29 is 4.43 Å². The predicted molar refractivity (Wildman–Crippen MR) is 80.9 cm³/mol. The quantitative estimate of drug-likeness (QED) is 0.429. The van der Waals surface area contributed by atoms with Crippen LogP contribution < -0.4 is 0 Å². The Morgan fingerprint density at radius 3 is 1.47 bits per heavy atom. The minimum absolute atomic E-state index is 0.276. The van der Waals surface area contributed by atoms with E-state index in [1.54, 1.807) is 0 Å². The van der Waals surface area contributed by atoms with Crippen LogP contribution in [0.5, 0.6) is 0 Å². The molecule has 0 aromatic heterocycles. The van der Waals surface area contributed by atoms with E-state index in [1.807, 2.05) is 12.2 Å². The van der Waals surface area contributed by atoms with Gasteiger partial charge >= 0.3 is 0 Å². The summed E-state index contributed by atoms with van der Waals surface area (Å²) in [6.45, 7) is 22.3. The molecule has 100 valence electrons. The van der Waals surface area contributed by atoms with Crippen LogP contribution in [0.2, 0.25) is 16.6 Å². The summed E-state index contributed by atoms with van der Waals surface area (Å²) in [7, 11) is -1.72. The Kier molecular flexibility index (Phi) is 7.03. The first-order chi connectivity index (χ1) is 7.82. The summed E-state index contributed by atoms with van der Waals surface area (Å²) in [6.07, 6.45) is 3.85. The largest absolute Gasteiger partial charge is 0.415 e. The molecule has 0 aromatic carbocycles. The highest BCUT2D eigenvalue weighted by atomic mass is 28.4. The van der Waals surface area contributed by atoms with Crippen LogP contribution in [0.4, 0.5) is 0 Å². The van der Waals surface area contributed by atoms with Crippen molar-refractivity contribution in [3.05, 3.63) is 25.3 Å². The van der Waals surface area contributed by atoms with Crippen LogP contribution >= 0.6 is 0 Å². The van der Waals surface area contributed by atoms with Crippen LogP contribution in [0.3, 0.4) is 0 Å². The fraction of sp³-hybridized carbons (Fsp3) is 0.733. The Morgan fingerprint density at radius 2 is 1.24 bits per heavy atom.